The second-order valence-corrected chi connectivity index (χ2v) is 6.96. The van der Waals surface area contributed by atoms with Crippen LogP contribution in [0.4, 0.5) is 17.6 Å². The van der Waals surface area contributed by atoms with Crippen molar-refractivity contribution in [3.05, 3.63) is 94.8 Å². The minimum absolute atomic E-state index is 0.0374. The molecule has 0 radical (unpaired) electrons. The molecule has 2 heterocycles. The maximum atomic E-state index is 14.9. The van der Waals surface area contributed by atoms with E-state index in [-0.39, 0.29) is 34.8 Å². The lowest BCUT2D eigenvalue weighted by atomic mass is 9.94. The number of ether oxygens (including phenoxy) is 1. The average molecular weight is 444 g/mol. The molecule has 0 aliphatic carbocycles. The normalized spacial score (nSPS) is 12.2. The van der Waals surface area contributed by atoms with Gasteiger partial charge in [0.15, 0.2) is 23.2 Å². The Morgan fingerprint density at radius 1 is 1.03 bits per heavy atom. The van der Waals surface area contributed by atoms with Crippen molar-refractivity contribution >= 4 is 0 Å². The van der Waals surface area contributed by atoms with Gasteiger partial charge in [0.1, 0.15) is 17.6 Å². The summed E-state index contributed by atoms with van der Waals surface area (Å²) >= 11 is 0. The van der Waals surface area contributed by atoms with Crippen molar-refractivity contribution in [2.75, 3.05) is 7.11 Å². The molecule has 1 N–H and O–H groups in total. The molecule has 0 bridgehead atoms. The highest BCUT2D eigenvalue weighted by molar-refractivity contribution is 5.74. The van der Waals surface area contributed by atoms with Crippen molar-refractivity contribution in [1.82, 2.24) is 10.1 Å². The van der Waals surface area contributed by atoms with Crippen LogP contribution in [0.25, 0.3) is 22.6 Å². The van der Waals surface area contributed by atoms with Gasteiger partial charge < -0.3 is 14.4 Å². The summed E-state index contributed by atoms with van der Waals surface area (Å²) in [5.41, 5.74) is 0.412. The van der Waals surface area contributed by atoms with E-state index in [1.807, 2.05) is 0 Å². The van der Waals surface area contributed by atoms with Crippen molar-refractivity contribution < 1.29 is 31.9 Å². The van der Waals surface area contributed by atoms with Crippen LogP contribution < -0.4 is 0 Å². The average Bonchev–Trinajstić information content (AvgIpc) is 3.22. The fourth-order valence-electron chi connectivity index (χ4n) is 3.35. The minimum Gasteiger partial charge on any atom is -0.383 e. The molecule has 0 aliphatic heterocycles. The molecule has 4 aromatic rings. The van der Waals surface area contributed by atoms with Gasteiger partial charge in [0, 0.05) is 30.6 Å². The Morgan fingerprint density at radius 3 is 2.41 bits per heavy atom. The number of hydrogen-bond donors (Lipinski definition) is 1. The summed E-state index contributed by atoms with van der Waals surface area (Å²) < 4.78 is 66.4. The predicted octanol–water partition coefficient (Wildman–Crippen LogP) is 5.19. The monoisotopic (exact) mass is 444 g/mol. The van der Waals surface area contributed by atoms with Crippen LogP contribution in [-0.2, 0) is 11.3 Å². The van der Waals surface area contributed by atoms with Crippen LogP contribution in [0.3, 0.4) is 0 Å². The Balaban J connectivity index is 1.92. The van der Waals surface area contributed by atoms with Crippen LogP contribution in [-0.4, -0.2) is 22.4 Å². The zero-order valence-electron chi connectivity index (χ0n) is 16.7. The molecule has 0 aliphatic rings. The second-order valence-electron chi connectivity index (χ2n) is 6.96. The van der Waals surface area contributed by atoms with Gasteiger partial charge in [-0.3, -0.25) is 4.98 Å². The quantitative estimate of drug-likeness (QED) is 0.328. The molecular formula is C23H16F4N2O3. The number of aromatic nitrogens is 2. The summed E-state index contributed by atoms with van der Waals surface area (Å²) in [6.45, 7) is 0.179. The summed E-state index contributed by atoms with van der Waals surface area (Å²) in [6, 6.07) is 8.82. The smallest absolute Gasteiger partial charge is 0.194 e. The molecule has 1 unspecified atom stereocenters. The van der Waals surface area contributed by atoms with Gasteiger partial charge in [0.2, 0.25) is 0 Å². The highest BCUT2D eigenvalue weighted by atomic mass is 19.2. The Bertz CT molecular complexity index is 1240. The zero-order chi connectivity index (χ0) is 22.8. The maximum absolute atomic E-state index is 14.9. The third-order valence-corrected chi connectivity index (χ3v) is 4.85. The van der Waals surface area contributed by atoms with E-state index in [1.54, 1.807) is 18.2 Å². The standard InChI is InChI=1S/C23H16F4N2O3/c1-31-11-12-4-5-15(16(24)7-12)23-19(22(30)13-3-2-6-28-10-13)21(29-32-23)14-8-17(25)20(27)18(26)9-14/h2-10,22,30H,11H2,1H3. The SMILES string of the molecule is COCc1ccc(-c2onc(-c3cc(F)c(F)c(F)c3)c2C(O)c2cccnc2)c(F)c1. The fourth-order valence-corrected chi connectivity index (χ4v) is 3.35. The van der Waals surface area contributed by atoms with E-state index in [2.05, 4.69) is 10.1 Å². The Hall–Kier alpha value is -3.56. The van der Waals surface area contributed by atoms with Crippen molar-refractivity contribution in [2.45, 2.75) is 12.7 Å². The Morgan fingerprint density at radius 2 is 1.78 bits per heavy atom. The molecule has 2 aromatic carbocycles. The Kier molecular flexibility index (Phi) is 6.02. The van der Waals surface area contributed by atoms with E-state index >= 15 is 0 Å². The number of rotatable bonds is 6. The van der Waals surface area contributed by atoms with Gasteiger partial charge in [-0.1, -0.05) is 17.3 Å². The molecule has 0 spiro atoms. The van der Waals surface area contributed by atoms with Crippen molar-refractivity contribution in [3.8, 4) is 22.6 Å². The first-order valence-electron chi connectivity index (χ1n) is 9.41. The maximum Gasteiger partial charge on any atom is 0.194 e. The topological polar surface area (TPSA) is 68.4 Å². The predicted molar refractivity (Wildman–Crippen MR) is 106 cm³/mol. The van der Waals surface area contributed by atoms with Crippen LogP contribution in [0.5, 0.6) is 0 Å². The molecule has 0 amide bonds. The number of methoxy groups -OCH3 is 1. The number of halogens is 4. The van der Waals surface area contributed by atoms with E-state index in [9.17, 15) is 22.7 Å². The zero-order valence-corrected chi connectivity index (χ0v) is 16.7. The third-order valence-electron chi connectivity index (χ3n) is 4.85. The van der Waals surface area contributed by atoms with Crippen LogP contribution in [0.2, 0.25) is 0 Å². The number of benzene rings is 2. The lowest BCUT2D eigenvalue weighted by molar-refractivity contribution is 0.184. The molecule has 0 saturated carbocycles. The summed E-state index contributed by atoms with van der Waals surface area (Å²) in [4.78, 5) is 3.94. The van der Waals surface area contributed by atoms with Gasteiger partial charge in [-0.2, -0.15) is 0 Å². The molecule has 0 fully saturated rings. The lowest BCUT2D eigenvalue weighted by Gasteiger charge is -2.13. The first kappa shape index (κ1) is 21.7. The Labute approximate surface area is 179 Å². The van der Waals surface area contributed by atoms with Gasteiger partial charge in [-0.05, 0) is 35.9 Å². The molecule has 5 nitrogen and oxygen atoms in total. The minimum atomic E-state index is -1.65. The number of hydrogen-bond acceptors (Lipinski definition) is 5. The van der Waals surface area contributed by atoms with Crippen molar-refractivity contribution in [2.24, 2.45) is 0 Å². The van der Waals surface area contributed by atoms with Gasteiger partial charge in [0.05, 0.1) is 17.7 Å². The molecule has 1 atom stereocenters. The number of aliphatic hydroxyl groups excluding tert-OH is 1. The highest BCUT2D eigenvalue weighted by Gasteiger charge is 2.29. The molecule has 0 saturated heterocycles. The van der Waals surface area contributed by atoms with Gasteiger partial charge >= 0.3 is 0 Å². The largest absolute Gasteiger partial charge is 0.383 e. The summed E-state index contributed by atoms with van der Waals surface area (Å²) in [5.74, 6) is -5.36. The molecule has 164 valence electrons. The summed E-state index contributed by atoms with van der Waals surface area (Å²) in [5, 5.41) is 14.9. The second kappa shape index (κ2) is 8.89. The van der Waals surface area contributed by atoms with Gasteiger partial charge in [-0.15, -0.1) is 0 Å². The summed E-state index contributed by atoms with van der Waals surface area (Å²) in [7, 11) is 1.47. The first-order valence-corrected chi connectivity index (χ1v) is 9.41. The molecular weight excluding hydrogens is 428 g/mol. The van der Waals surface area contributed by atoms with Crippen LogP contribution in [0.1, 0.15) is 22.8 Å². The van der Waals surface area contributed by atoms with Gasteiger partial charge in [0.25, 0.3) is 0 Å². The van der Waals surface area contributed by atoms with E-state index in [4.69, 9.17) is 9.26 Å². The van der Waals surface area contributed by atoms with E-state index in [0.717, 1.165) is 12.1 Å². The van der Waals surface area contributed by atoms with Gasteiger partial charge in [-0.25, -0.2) is 17.6 Å². The molecule has 2 aromatic heterocycles. The van der Waals surface area contributed by atoms with Crippen molar-refractivity contribution in [3.63, 3.8) is 0 Å². The van der Waals surface area contributed by atoms with Crippen LogP contribution in [0, 0.1) is 23.3 Å². The summed E-state index contributed by atoms with van der Waals surface area (Å²) in [6.07, 6.45) is 1.42. The first-order chi connectivity index (χ1) is 15.4. The van der Waals surface area contributed by atoms with E-state index in [1.165, 1.54) is 31.6 Å². The fraction of sp³-hybridized carbons (Fsp3) is 0.130. The lowest BCUT2D eigenvalue weighted by Crippen LogP contribution is -2.04. The number of pyridine rings is 1. The highest BCUT2D eigenvalue weighted by Crippen LogP contribution is 2.40. The number of nitrogens with zero attached hydrogens (tertiary/aromatic N) is 2. The van der Waals surface area contributed by atoms with Crippen molar-refractivity contribution in [1.29, 1.82) is 0 Å². The van der Waals surface area contributed by atoms with E-state index < -0.39 is 29.4 Å². The third kappa shape index (κ3) is 4.00. The van der Waals surface area contributed by atoms with Crippen LogP contribution >= 0.6 is 0 Å². The number of aliphatic hydroxyl groups is 1. The molecule has 9 heteroatoms. The molecule has 32 heavy (non-hydrogen) atoms. The van der Waals surface area contributed by atoms with E-state index in [0.29, 0.717) is 11.1 Å². The van der Waals surface area contributed by atoms with Crippen LogP contribution in [0.15, 0.2) is 59.4 Å². The molecule has 4 rings (SSSR count).